The molecule has 1 aromatic carbocycles. The van der Waals surface area contributed by atoms with Crippen molar-refractivity contribution in [3.8, 4) is 22.3 Å². The Morgan fingerprint density at radius 1 is 0.485 bits per heavy atom. The van der Waals surface area contributed by atoms with Crippen LogP contribution < -0.4 is 9.62 Å². The Kier molecular flexibility index (Phi) is 4.77. The number of hydrogen-bond donors (Lipinski definition) is 0. The third kappa shape index (κ3) is 3.59. The standard InChI is InChI=1S/C26H18BN6/c1-2-4-24-23(3-1)32(25-17-21(9-15-30-25)19-5-11-28-12-6-19)27-33(24)26-18-22(10-16-31-26)20-7-13-29-14-8-20/h1-18H. The van der Waals surface area contributed by atoms with Gasteiger partial charge in [0.05, 0.1) is 11.4 Å². The normalized spacial score (nSPS) is 12.4. The molecular formula is C26H18BN6. The van der Waals surface area contributed by atoms with Gasteiger partial charge in [0, 0.05) is 37.2 Å². The predicted octanol–water partition coefficient (Wildman–Crippen LogP) is 5.42. The fraction of sp³-hybridized carbons (Fsp3) is 0. The molecule has 0 unspecified atom stereocenters. The molecule has 6 rings (SSSR count). The summed E-state index contributed by atoms with van der Waals surface area (Å²) in [5.41, 5.74) is 6.48. The molecule has 0 spiro atoms. The summed E-state index contributed by atoms with van der Waals surface area (Å²) in [7, 11) is 2.04. The summed E-state index contributed by atoms with van der Waals surface area (Å²) in [5, 5.41) is 0. The lowest BCUT2D eigenvalue weighted by molar-refractivity contribution is 1.24. The van der Waals surface area contributed by atoms with Crippen LogP contribution in [0.3, 0.4) is 0 Å². The molecule has 0 saturated carbocycles. The summed E-state index contributed by atoms with van der Waals surface area (Å²) in [6, 6.07) is 24.5. The summed E-state index contributed by atoms with van der Waals surface area (Å²) in [4.78, 5) is 21.8. The van der Waals surface area contributed by atoms with Crippen LogP contribution in [0.15, 0.2) is 110 Å². The van der Waals surface area contributed by atoms with E-state index in [9.17, 15) is 0 Å². The van der Waals surface area contributed by atoms with E-state index < -0.39 is 0 Å². The predicted molar refractivity (Wildman–Crippen MR) is 131 cm³/mol. The summed E-state index contributed by atoms with van der Waals surface area (Å²) in [6.45, 7) is 0. The van der Waals surface area contributed by atoms with Gasteiger partial charge in [0.25, 0.3) is 0 Å². The zero-order chi connectivity index (χ0) is 22.0. The number of rotatable bonds is 4. The minimum absolute atomic E-state index is 0.838. The van der Waals surface area contributed by atoms with Gasteiger partial charge in [0.2, 0.25) is 0 Å². The van der Waals surface area contributed by atoms with Gasteiger partial charge in [-0.15, -0.1) is 0 Å². The highest BCUT2D eigenvalue weighted by Crippen LogP contribution is 2.42. The van der Waals surface area contributed by atoms with Crippen molar-refractivity contribution in [2.24, 2.45) is 0 Å². The van der Waals surface area contributed by atoms with Crippen LogP contribution in [0.25, 0.3) is 22.3 Å². The second-order valence-electron chi connectivity index (χ2n) is 7.62. The van der Waals surface area contributed by atoms with Gasteiger partial charge in [-0.25, -0.2) is 9.97 Å². The van der Waals surface area contributed by atoms with E-state index in [2.05, 4.69) is 53.8 Å². The minimum atomic E-state index is 0.838. The van der Waals surface area contributed by atoms with Crippen LogP contribution >= 0.6 is 0 Å². The van der Waals surface area contributed by atoms with E-state index in [1.54, 1.807) is 24.8 Å². The maximum atomic E-state index is 4.66. The number of aromatic nitrogens is 4. The Hall–Kier alpha value is -4.52. The number of hydrogen-bond acceptors (Lipinski definition) is 6. The first-order valence-electron chi connectivity index (χ1n) is 10.6. The molecule has 5 aromatic rings. The van der Waals surface area contributed by atoms with Gasteiger partial charge < -0.3 is 9.62 Å². The van der Waals surface area contributed by atoms with E-state index >= 15 is 0 Å². The molecular weight excluding hydrogens is 407 g/mol. The third-order valence-electron chi connectivity index (χ3n) is 5.64. The Labute approximate surface area is 192 Å². The Morgan fingerprint density at radius 3 is 1.36 bits per heavy atom. The Bertz CT molecular complexity index is 1300. The molecule has 155 valence electrons. The molecule has 0 amide bonds. The molecule has 0 N–H and O–H groups in total. The van der Waals surface area contributed by atoms with Gasteiger partial charge in [-0.05, 0) is 82.9 Å². The quantitative estimate of drug-likeness (QED) is 0.358. The first-order chi connectivity index (χ1) is 16.4. The maximum absolute atomic E-state index is 4.66. The van der Waals surface area contributed by atoms with E-state index in [1.165, 1.54) is 0 Å². The lowest BCUT2D eigenvalue weighted by Crippen LogP contribution is -2.29. The fourth-order valence-electron chi connectivity index (χ4n) is 4.02. The average Bonchev–Trinajstić information content (AvgIpc) is 3.30. The Balaban J connectivity index is 1.39. The maximum Gasteiger partial charge on any atom is 0.403 e. The van der Waals surface area contributed by atoms with Crippen LogP contribution in [-0.2, 0) is 0 Å². The molecule has 0 saturated heterocycles. The highest BCUT2D eigenvalue weighted by atomic mass is 15.3. The van der Waals surface area contributed by atoms with Crippen molar-refractivity contribution in [1.29, 1.82) is 0 Å². The molecule has 5 heterocycles. The smallest absolute Gasteiger partial charge is 0.351 e. The molecule has 0 atom stereocenters. The molecule has 4 aromatic heterocycles. The largest absolute Gasteiger partial charge is 0.403 e. The van der Waals surface area contributed by atoms with Gasteiger partial charge in [0.1, 0.15) is 11.6 Å². The molecule has 7 heteroatoms. The molecule has 0 bridgehead atoms. The number of benzene rings is 1. The van der Waals surface area contributed by atoms with Crippen LogP contribution in [0.2, 0.25) is 0 Å². The fourth-order valence-corrected chi connectivity index (χ4v) is 4.02. The van der Waals surface area contributed by atoms with Crippen molar-refractivity contribution in [3.05, 3.63) is 110 Å². The average molecular weight is 425 g/mol. The monoisotopic (exact) mass is 425 g/mol. The van der Waals surface area contributed by atoms with Crippen molar-refractivity contribution < 1.29 is 0 Å². The van der Waals surface area contributed by atoms with Crippen molar-refractivity contribution in [2.75, 3.05) is 9.62 Å². The molecule has 0 fully saturated rings. The van der Waals surface area contributed by atoms with E-state index in [-0.39, 0.29) is 0 Å². The first kappa shape index (κ1) is 19.2. The van der Waals surface area contributed by atoms with Gasteiger partial charge in [-0.1, -0.05) is 12.1 Å². The number of para-hydroxylation sites is 2. The van der Waals surface area contributed by atoms with Crippen molar-refractivity contribution >= 4 is 30.6 Å². The first-order valence-corrected chi connectivity index (χ1v) is 10.6. The van der Waals surface area contributed by atoms with E-state index in [0.29, 0.717) is 0 Å². The zero-order valence-corrected chi connectivity index (χ0v) is 17.7. The summed E-state index contributed by atoms with van der Waals surface area (Å²) in [5.74, 6) is 1.68. The molecule has 0 aliphatic carbocycles. The van der Waals surface area contributed by atoms with Gasteiger partial charge in [0.15, 0.2) is 0 Å². The van der Waals surface area contributed by atoms with Gasteiger partial charge >= 0.3 is 7.55 Å². The number of anilines is 4. The van der Waals surface area contributed by atoms with Crippen molar-refractivity contribution in [1.82, 2.24) is 19.9 Å². The molecule has 1 radical (unpaired) electrons. The lowest BCUT2D eigenvalue weighted by Gasteiger charge is -2.19. The van der Waals surface area contributed by atoms with E-state index in [0.717, 1.165) is 45.3 Å². The van der Waals surface area contributed by atoms with Crippen LogP contribution in [0.4, 0.5) is 23.0 Å². The lowest BCUT2D eigenvalue weighted by atomic mass is 10.0. The number of nitrogens with zero attached hydrogens (tertiary/aromatic N) is 6. The highest BCUT2D eigenvalue weighted by molar-refractivity contribution is 6.55. The minimum Gasteiger partial charge on any atom is -0.351 e. The second-order valence-corrected chi connectivity index (χ2v) is 7.62. The van der Waals surface area contributed by atoms with Crippen molar-refractivity contribution in [3.63, 3.8) is 0 Å². The second kappa shape index (κ2) is 8.20. The molecule has 6 nitrogen and oxygen atoms in total. The van der Waals surface area contributed by atoms with Crippen LogP contribution in [-0.4, -0.2) is 27.5 Å². The summed E-state index contributed by atoms with van der Waals surface area (Å²) in [6.07, 6.45) is 10.9. The summed E-state index contributed by atoms with van der Waals surface area (Å²) >= 11 is 0. The summed E-state index contributed by atoms with van der Waals surface area (Å²) < 4.78 is 0. The molecule has 33 heavy (non-hydrogen) atoms. The van der Waals surface area contributed by atoms with Gasteiger partial charge in [-0.2, -0.15) is 0 Å². The number of pyridine rings is 4. The van der Waals surface area contributed by atoms with E-state index in [4.69, 9.17) is 0 Å². The van der Waals surface area contributed by atoms with Crippen LogP contribution in [0.1, 0.15) is 0 Å². The van der Waals surface area contributed by atoms with Crippen molar-refractivity contribution in [2.45, 2.75) is 0 Å². The van der Waals surface area contributed by atoms with Crippen LogP contribution in [0.5, 0.6) is 0 Å². The third-order valence-corrected chi connectivity index (χ3v) is 5.64. The topological polar surface area (TPSA) is 58.0 Å². The SMILES string of the molecule is [B]1N(c2cc(-c3ccncc3)ccn2)c2ccccc2N1c1cc(-c2ccncc2)ccn1. The highest BCUT2D eigenvalue weighted by Gasteiger charge is 2.31. The zero-order valence-electron chi connectivity index (χ0n) is 17.7. The van der Waals surface area contributed by atoms with Gasteiger partial charge in [-0.3, -0.25) is 9.97 Å². The van der Waals surface area contributed by atoms with Crippen LogP contribution in [0, 0.1) is 0 Å². The molecule has 1 aliphatic rings. The molecule has 1 aliphatic heterocycles. The Morgan fingerprint density at radius 2 is 0.909 bits per heavy atom. The van der Waals surface area contributed by atoms with E-state index in [1.807, 2.05) is 68.5 Å². The number of fused-ring (bicyclic) bond motifs is 1.